The van der Waals surface area contributed by atoms with Crippen molar-refractivity contribution in [3.8, 4) is 11.5 Å². The third-order valence-electron chi connectivity index (χ3n) is 4.01. The molecule has 1 amide bonds. The van der Waals surface area contributed by atoms with Crippen LogP contribution in [-0.4, -0.2) is 18.5 Å². The Kier molecular flexibility index (Phi) is 8.36. The molecule has 144 valence electrons. The molecule has 0 saturated carbocycles. The summed E-state index contributed by atoms with van der Waals surface area (Å²) < 4.78 is 11.1. The van der Waals surface area contributed by atoms with Gasteiger partial charge in [-0.2, -0.15) is 0 Å². The third kappa shape index (κ3) is 7.13. The molecule has 0 heterocycles. The van der Waals surface area contributed by atoms with Crippen molar-refractivity contribution in [3.05, 3.63) is 54.1 Å². The number of esters is 1. The van der Waals surface area contributed by atoms with Crippen molar-refractivity contribution in [1.82, 2.24) is 0 Å². The number of amides is 1. The molecule has 0 atom stereocenters. The molecule has 0 aliphatic heterocycles. The number of rotatable bonds is 10. The van der Waals surface area contributed by atoms with E-state index in [4.69, 9.17) is 9.47 Å². The quantitative estimate of drug-likeness (QED) is 0.354. The summed E-state index contributed by atoms with van der Waals surface area (Å²) in [5.41, 5.74) is 0.879. The van der Waals surface area contributed by atoms with Gasteiger partial charge in [-0.1, -0.05) is 44.7 Å². The first kappa shape index (κ1) is 20.5. The predicted molar refractivity (Wildman–Crippen MR) is 106 cm³/mol. The van der Waals surface area contributed by atoms with Gasteiger partial charge in [0.15, 0.2) is 5.75 Å². The van der Waals surface area contributed by atoms with Gasteiger partial charge in [0.2, 0.25) is 5.91 Å². The highest BCUT2D eigenvalue weighted by molar-refractivity contribution is 5.94. The smallest absolute Gasteiger partial charge is 0.343 e. The van der Waals surface area contributed by atoms with Gasteiger partial charge in [-0.05, 0) is 42.8 Å². The largest absolute Gasteiger partial charge is 0.494 e. The Hall–Kier alpha value is -2.82. The average molecular weight is 369 g/mol. The molecule has 0 aliphatic rings. The SMILES string of the molecule is CCCCCCCOc1ccc(C(=O)Oc2ccccc2NC(C)=O)cc1. The van der Waals surface area contributed by atoms with Crippen molar-refractivity contribution in [1.29, 1.82) is 0 Å². The van der Waals surface area contributed by atoms with Crippen molar-refractivity contribution >= 4 is 17.6 Å². The Labute approximate surface area is 160 Å². The van der Waals surface area contributed by atoms with E-state index in [1.807, 2.05) is 0 Å². The predicted octanol–water partition coefficient (Wildman–Crippen LogP) is 5.21. The second-order valence-electron chi connectivity index (χ2n) is 6.35. The van der Waals surface area contributed by atoms with Crippen molar-refractivity contribution in [2.45, 2.75) is 46.0 Å². The molecule has 5 nitrogen and oxygen atoms in total. The van der Waals surface area contributed by atoms with Crippen LogP contribution in [0.25, 0.3) is 0 Å². The number of anilines is 1. The van der Waals surface area contributed by atoms with Crippen LogP contribution in [0, 0.1) is 0 Å². The molecule has 5 heteroatoms. The van der Waals surface area contributed by atoms with Gasteiger partial charge in [0.25, 0.3) is 0 Å². The van der Waals surface area contributed by atoms with Gasteiger partial charge < -0.3 is 14.8 Å². The Bertz CT molecular complexity index is 740. The van der Waals surface area contributed by atoms with Gasteiger partial charge in [0, 0.05) is 6.92 Å². The third-order valence-corrected chi connectivity index (χ3v) is 4.01. The number of para-hydroxylation sites is 2. The molecule has 0 bridgehead atoms. The van der Waals surface area contributed by atoms with E-state index in [1.165, 1.54) is 32.6 Å². The van der Waals surface area contributed by atoms with Crippen LogP contribution in [0.4, 0.5) is 5.69 Å². The number of carbonyl (C=O) groups is 2. The number of ether oxygens (including phenoxy) is 2. The zero-order chi connectivity index (χ0) is 19.5. The van der Waals surface area contributed by atoms with Gasteiger partial charge in [-0.15, -0.1) is 0 Å². The molecule has 0 fully saturated rings. The Morgan fingerprint density at radius 1 is 0.926 bits per heavy atom. The fourth-order valence-electron chi connectivity index (χ4n) is 2.59. The van der Waals surface area contributed by atoms with Gasteiger partial charge in [0.1, 0.15) is 5.75 Å². The fraction of sp³-hybridized carbons (Fsp3) is 0.364. The van der Waals surface area contributed by atoms with Crippen LogP contribution in [0.5, 0.6) is 11.5 Å². The van der Waals surface area contributed by atoms with Crippen molar-refractivity contribution in [3.63, 3.8) is 0 Å². The van der Waals surface area contributed by atoms with Gasteiger partial charge in [-0.25, -0.2) is 4.79 Å². The lowest BCUT2D eigenvalue weighted by Crippen LogP contribution is -2.12. The van der Waals surface area contributed by atoms with Crippen LogP contribution in [0.15, 0.2) is 48.5 Å². The Morgan fingerprint density at radius 3 is 2.33 bits per heavy atom. The number of hydrogen-bond donors (Lipinski definition) is 1. The van der Waals surface area contributed by atoms with Crippen molar-refractivity contribution < 1.29 is 19.1 Å². The molecule has 1 N–H and O–H groups in total. The van der Waals surface area contributed by atoms with Crippen LogP contribution >= 0.6 is 0 Å². The summed E-state index contributed by atoms with van der Waals surface area (Å²) in [6, 6.07) is 13.7. The van der Waals surface area contributed by atoms with Crippen LogP contribution in [-0.2, 0) is 4.79 Å². The number of benzene rings is 2. The van der Waals surface area contributed by atoms with E-state index in [0.717, 1.165) is 12.2 Å². The molecule has 27 heavy (non-hydrogen) atoms. The minimum atomic E-state index is -0.487. The molecule has 0 radical (unpaired) electrons. The molecule has 2 aromatic rings. The number of carbonyl (C=O) groups excluding carboxylic acids is 2. The Morgan fingerprint density at radius 2 is 1.63 bits per heavy atom. The Balaban J connectivity index is 1.88. The minimum absolute atomic E-state index is 0.227. The summed E-state index contributed by atoms with van der Waals surface area (Å²) in [6.45, 7) is 4.28. The monoisotopic (exact) mass is 369 g/mol. The number of hydrogen-bond acceptors (Lipinski definition) is 4. The van der Waals surface area contributed by atoms with Gasteiger partial charge in [-0.3, -0.25) is 4.79 Å². The highest BCUT2D eigenvalue weighted by atomic mass is 16.5. The van der Waals surface area contributed by atoms with E-state index in [-0.39, 0.29) is 5.91 Å². The zero-order valence-electron chi connectivity index (χ0n) is 16.0. The molecule has 0 aromatic heterocycles. The minimum Gasteiger partial charge on any atom is -0.494 e. The maximum absolute atomic E-state index is 12.3. The standard InChI is InChI=1S/C22H27NO4/c1-3-4-5-6-9-16-26-19-14-12-18(13-15-19)22(25)27-21-11-8-7-10-20(21)23-17(2)24/h7-8,10-15H,3-6,9,16H2,1-2H3,(H,23,24). The highest BCUT2D eigenvalue weighted by Gasteiger charge is 2.12. The lowest BCUT2D eigenvalue weighted by Gasteiger charge is -2.10. The van der Waals surface area contributed by atoms with Crippen molar-refractivity contribution in [2.75, 3.05) is 11.9 Å². The number of nitrogens with one attached hydrogen (secondary N) is 1. The van der Waals surface area contributed by atoms with Crippen LogP contribution < -0.4 is 14.8 Å². The van der Waals surface area contributed by atoms with E-state index >= 15 is 0 Å². The first-order chi connectivity index (χ1) is 13.1. The van der Waals surface area contributed by atoms with E-state index in [2.05, 4.69) is 12.2 Å². The summed E-state index contributed by atoms with van der Waals surface area (Å²) in [7, 11) is 0. The van der Waals surface area contributed by atoms with Gasteiger partial charge >= 0.3 is 5.97 Å². The second-order valence-corrected chi connectivity index (χ2v) is 6.35. The van der Waals surface area contributed by atoms with Crippen LogP contribution in [0.1, 0.15) is 56.3 Å². The first-order valence-corrected chi connectivity index (χ1v) is 9.42. The number of unbranched alkanes of at least 4 members (excludes halogenated alkanes) is 4. The molecular formula is C22H27NO4. The summed E-state index contributed by atoms with van der Waals surface area (Å²) in [6.07, 6.45) is 5.94. The lowest BCUT2D eigenvalue weighted by molar-refractivity contribution is -0.114. The van der Waals surface area contributed by atoms with Crippen molar-refractivity contribution in [2.24, 2.45) is 0 Å². The maximum atomic E-state index is 12.3. The molecular weight excluding hydrogens is 342 g/mol. The maximum Gasteiger partial charge on any atom is 0.343 e. The lowest BCUT2D eigenvalue weighted by atomic mass is 10.2. The molecule has 2 rings (SSSR count). The summed E-state index contributed by atoms with van der Waals surface area (Å²) >= 11 is 0. The summed E-state index contributed by atoms with van der Waals surface area (Å²) in [4.78, 5) is 23.6. The first-order valence-electron chi connectivity index (χ1n) is 9.42. The van der Waals surface area contributed by atoms with Crippen LogP contribution in [0.2, 0.25) is 0 Å². The van der Waals surface area contributed by atoms with Crippen LogP contribution in [0.3, 0.4) is 0 Å². The summed E-state index contributed by atoms with van der Waals surface area (Å²) in [5, 5.41) is 2.64. The second kappa shape index (κ2) is 11.0. The van der Waals surface area contributed by atoms with E-state index in [9.17, 15) is 9.59 Å². The van der Waals surface area contributed by atoms with E-state index < -0.39 is 5.97 Å². The normalized spacial score (nSPS) is 10.3. The van der Waals surface area contributed by atoms with Gasteiger partial charge in [0.05, 0.1) is 17.9 Å². The molecule has 0 unspecified atom stereocenters. The molecule has 0 saturated heterocycles. The highest BCUT2D eigenvalue weighted by Crippen LogP contribution is 2.25. The fourth-order valence-corrected chi connectivity index (χ4v) is 2.59. The molecule has 0 aliphatic carbocycles. The molecule has 0 spiro atoms. The zero-order valence-corrected chi connectivity index (χ0v) is 16.0. The molecule has 2 aromatic carbocycles. The van der Waals surface area contributed by atoms with E-state index in [0.29, 0.717) is 23.6 Å². The average Bonchev–Trinajstić information content (AvgIpc) is 2.66. The van der Waals surface area contributed by atoms with E-state index in [1.54, 1.807) is 48.5 Å². The summed E-state index contributed by atoms with van der Waals surface area (Å²) in [5.74, 6) is 0.333. The topological polar surface area (TPSA) is 64.6 Å².